The number of piperazine rings is 1. The van der Waals surface area contributed by atoms with Gasteiger partial charge >= 0.3 is 6.18 Å². The number of benzene rings is 2. The van der Waals surface area contributed by atoms with Crippen LogP contribution in [0.2, 0.25) is 0 Å². The zero-order valence-corrected chi connectivity index (χ0v) is 21.7. The number of anilines is 2. The third-order valence-electron chi connectivity index (χ3n) is 6.69. The van der Waals surface area contributed by atoms with Gasteiger partial charge in [-0.3, -0.25) is 4.79 Å². The van der Waals surface area contributed by atoms with Crippen molar-refractivity contribution in [3.8, 4) is 5.88 Å². The first-order chi connectivity index (χ1) is 19.0. The number of hydrogen-bond donors (Lipinski definition) is 2. The van der Waals surface area contributed by atoms with E-state index in [1.54, 1.807) is 30.9 Å². The van der Waals surface area contributed by atoms with Gasteiger partial charge in [0.05, 0.1) is 27.9 Å². The maximum absolute atomic E-state index is 14.1. The van der Waals surface area contributed by atoms with Gasteiger partial charge in [-0.25, -0.2) is 8.78 Å². The van der Waals surface area contributed by atoms with E-state index in [0.717, 1.165) is 18.2 Å². The van der Waals surface area contributed by atoms with Crippen LogP contribution in [-0.4, -0.2) is 41.7 Å². The summed E-state index contributed by atoms with van der Waals surface area (Å²) < 4.78 is 77.1. The first-order valence-corrected chi connectivity index (χ1v) is 12.6. The molecule has 4 aromatic rings. The molecule has 7 nitrogen and oxygen atoms in total. The molecular weight excluding hydrogens is 533 g/mol. The monoisotopic (exact) mass is 559 g/mol. The zero-order valence-electron chi connectivity index (χ0n) is 21.7. The summed E-state index contributed by atoms with van der Waals surface area (Å²) in [5.74, 6) is -2.05. The Morgan fingerprint density at radius 3 is 2.42 bits per heavy atom. The minimum atomic E-state index is -4.62. The van der Waals surface area contributed by atoms with Crippen molar-refractivity contribution in [3.63, 3.8) is 0 Å². The van der Waals surface area contributed by atoms with Crippen molar-refractivity contribution in [3.05, 3.63) is 88.1 Å². The Morgan fingerprint density at radius 2 is 1.75 bits per heavy atom. The lowest BCUT2D eigenvalue weighted by Crippen LogP contribution is -2.44. The SMILES string of the molecule is Cc1cc(OCc2c(F)cccc2F)n2nc(C)c(C(=O)Nc3ccc(N4CCNCC4)c(C(F)(F)F)c3)c2c1. The van der Waals surface area contributed by atoms with Gasteiger partial charge in [0.2, 0.25) is 5.88 Å². The molecule has 40 heavy (non-hydrogen) atoms. The molecule has 2 aromatic heterocycles. The number of rotatable bonds is 6. The van der Waals surface area contributed by atoms with Crippen LogP contribution in [0.15, 0.2) is 48.5 Å². The molecular formula is C28H26F5N5O2. The summed E-state index contributed by atoms with van der Waals surface area (Å²) >= 11 is 0. The number of aromatic nitrogens is 2. The van der Waals surface area contributed by atoms with Crippen molar-refractivity contribution in [2.45, 2.75) is 26.6 Å². The minimum Gasteiger partial charge on any atom is -0.473 e. The van der Waals surface area contributed by atoms with Gasteiger partial charge in [-0.2, -0.15) is 22.8 Å². The molecule has 1 saturated heterocycles. The van der Waals surface area contributed by atoms with E-state index in [4.69, 9.17) is 4.74 Å². The molecule has 2 aromatic carbocycles. The molecule has 1 amide bonds. The van der Waals surface area contributed by atoms with Crippen LogP contribution < -0.4 is 20.3 Å². The number of alkyl halides is 3. The lowest BCUT2D eigenvalue weighted by molar-refractivity contribution is -0.137. The summed E-state index contributed by atoms with van der Waals surface area (Å²) in [5.41, 5.74) is 0.359. The van der Waals surface area contributed by atoms with Crippen molar-refractivity contribution < 1.29 is 31.5 Å². The number of carbonyl (C=O) groups is 1. The molecule has 0 atom stereocenters. The van der Waals surface area contributed by atoms with E-state index in [9.17, 15) is 26.7 Å². The Labute approximate surface area is 226 Å². The molecule has 0 saturated carbocycles. The van der Waals surface area contributed by atoms with Crippen LogP contribution in [-0.2, 0) is 12.8 Å². The van der Waals surface area contributed by atoms with Gasteiger partial charge in [-0.1, -0.05) is 6.07 Å². The Hall–Kier alpha value is -4.19. The third kappa shape index (κ3) is 5.44. The number of fused-ring (bicyclic) bond motifs is 1. The fourth-order valence-corrected chi connectivity index (χ4v) is 4.78. The highest BCUT2D eigenvalue weighted by Crippen LogP contribution is 2.38. The summed E-state index contributed by atoms with van der Waals surface area (Å²) in [5, 5.41) is 10.0. The molecule has 210 valence electrons. The van der Waals surface area contributed by atoms with Gasteiger partial charge in [0.1, 0.15) is 18.2 Å². The number of hydrogen-bond acceptors (Lipinski definition) is 5. The summed E-state index contributed by atoms with van der Waals surface area (Å²) in [4.78, 5) is 15.0. The number of aryl methyl sites for hydroxylation is 2. The molecule has 0 unspecified atom stereocenters. The second-order valence-corrected chi connectivity index (χ2v) is 9.54. The number of carbonyl (C=O) groups excluding carboxylic acids is 1. The fourth-order valence-electron chi connectivity index (χ4n) is 4.78. The summed E-state index contributed by atoms with van der Waals surface area (Å²) in [6.45, 7) is 4.91. The average Bonchev–Trinajstić information content (AvgIpc) is 3.24. The van der Waals surface area contributed by atoms with Crippen molar-refractivity contribution >= 4 is 22.8 Å². The second kappa shape index (κ2) is 10.8. The normalized spacial score (nSPS) is 14.0. The van der Waals surface area contributed by atoms with E-state index in [1.807, 2.05) is 0 Å². The van der Waals surface area contributed by atoms with Crippen LogP contribution in [0.5, 0.6) is 5.88 Å². The highest BCUT2D eigenvalue weighted by Gasteiger charge is 2.36. The molecule has 1 aliphatic heterocycles. The summed E-state index contributed by atoms with van der Waals surface area (Å²) in [7, 11) is 0. The van der Waals surface area contributed by atoms with E-state index in [-0.39, 0.29) is 28.4 Å². The van der Waals surface area contributed by atoms with E-state index in [2.05, 4.69) is 15.7 Å². The zero-order chi connectivity index (χ0) is 28.6. The van der Waals surface area contributed by atoms with Crippen molar-refractivity contribution in [2.75, 3.05) is 36.4 Å². The van der Waals surface area contributed by atoms with E-state index < -0.39 is 35.9 Å². The van der Waals surface area contributed by atoms with Crippen LogP contribution >= 0.6 is 0 Å². The maximum atomic E-state index is 14.1. The van der Waals surface area contributed by atoms with Gasteiger partial charge in [0.15, 0.2) is 0 Å². The second-order valence-electron chi connectivity index (χ2n) is 9.54. The van der Waals surface area contributed by atoms with Crippen LogP contribution in [0, 0.1) is 25.5 Å². The number of nitrogens with one attached hydrogen (secondary N) is 2. The molecule has 12 heteroatoms. The van der Waals surface area contributed by atoms with Crippen LogP contribution in [0.25, 0.3) is 5.52 Å². The molecule has 0 radical (unpaired) electrons. The van der Waals surface area contributed by atoms with Gasteiger partial charge < -0.3 is 20.3 Å². The van der Waals surface area contributed by atoms with Crippen molar-refractivity contribution in [1.29, 1.82) is 0 Å². The van der Waals surface area contributed by atoms with Crippen LogP contribution in [0.4, 0.5) is 33.3 Å². The average molecular weight is 560 g/mol. The number of amides is 1. The molecule has 0 spiro atoms. The van der Waals surface area contributed by atoms with E-state index >= 15 is 0 Å². The summed E-state index contributed by atoms with van der Waals surface area (Å²) in [6.07, 6.45) is -4.62. The number of ether oxygens (including phenoxy) is 1. The van der Waals surface area contributed by atoms with Gasteiger partial charge in [0.25, 0.3) is 5.91 Å². The first-order valence-electron chi connectivity index (χ1n) is 12.6. The highest BCUT2D eigenvalue weighted by atomic mass is 19.4. The first kappa shape index (κ1) is 27.4. The third-order valence-corrected chi connectivity index (χ3v) is 6.69. The Morgan fingerprint density at radius 1 is 1.05 bits per heavy atom. The number of nitrogens with zero attached hydrogens (tertiary/aromatic N) is 3. The summed E-state index contributed by atoms with van der Waals surface area (Å²) in [6, 6.07) is 10.5. The van der Waals surface area contributed by atoms with Gasteiger partial charge in [-0.05, 0) is 55.8 Å². The predicted octanol–water partition coefficient (Wildman–Crippen LogP) is 5.49. The largest absolute Gasteiger partial charge is 0.473 e. The fraction of sp³-hybridized carbons (Fsp3) is 0.286. The topological polar surface area (TPSA) is 70.9 Å². The van der Waals surface area contributed by atoms with Crippen LogP contribution in [0.1, 0.15) is 32.7 Å². The molecule has 0 bridgehead atoms. The Bertz CT molecular complexity index is 1560. The van der Waals surface area contributed by atoms with Gasteiger partial charge in [0, 0.05) is 43.6 Å². The Balaban J connectivity index is 1.45. The molecule has 3 heterocycles. The van der Waals surface area contributed by atoms with Crippen molar-refractivity contribution in [2.24, 2.45) is 0 Å². The molecule has 1 aliphatic rings. The standard InChI is InChI=1S/C28H26F5N5O2/c1-16-12-24-26(17(2)36-38(24)25(13-16)40-15-19-21(29)4-3-5-22(19)30)27(39)35-18-6-7-23(20(14-18)28(31,32)33)37-10-8-34-9-11-37/h3-7,12-14,34H,8-11,15H2,1-2H3,(H,35,39). The number of pyridine rings is 1. The molecule has 0 aliphatic carbocycles. The maximum Gasteiger partial charge on any atom is 0.418 e. The van der Waals surface area contributed by atoms with E-state index in [1.165, 1.54) is 22.7 Å². The van der Waals surface area contributed by atoms with Gasteiger partial charge in [-0.15, -0.1) is 0 Å². The minimum absolute atomic E-state index is 0.0193. The lowest BCUT2D eigenvalue weighted by atomic mass is 10.1. The van der Waals surface area contributed by atoms with Crippen molar-refractivity contribution in [1.82, 2.24) is 14.9 Å². The quantitative estimate of drug-likeness (QED) is 0.306. The van der Waals surface area contributed by atoms with Crippen LogP contribution in [0.3, 0.4) is 0 Å². The Kier molecular flexibility index (Phi) is 7.37. The molecule has 1 fully saturated rings. The predicted molar refractivity (Wildman–Crippen MR) is 140 cm³/mol. The van der Waals surface area contributed by atoms with E-state index in [0.29, 0.717) is 43.0 Å². The molecule has 5 rings (SSSR count). The molecule has 2 N–H and O–H groups in total. The number of halogens is 5. The smallest absolute Gasteiger partial charge is 0.418 e. The highest BCUT2D eigenvalue weighted by molar-refractivity contribution is 6.10. The lowest BCUT2D eigenvalue weighted by Gasteiger charge is -2.31.